The molecule has 9 atom stereocenters. The molecule has 5 rings (SSSR count). The van der Waals surface area contributed by atoms with Gasteiger partial charge in [-0.1, -0.05) is 19.1 Å². The Morgan fingerprint density at radius 2 is 1.88 bits per heavy atom. The molecule has 0 aromatic rings. The zero-order valence-corrected chi connectivity index (χ0v) is 18.0. The second kappa shape index (κ2) is 7.88. The third-order valence-electron chi connectivity index (χ3n) is 8.27. The van der Waals surface area contributed by atoms with Crippen LogP contribution in [0.3, 0.4) is 0 Å². The van der Waals surface area contributed by atoms with Crippen LogP contribution >= 0.6 is 0 Å². The zero-order valence-electron chi connectivity index (χ0n) is 18.0. The zero-order chi connectivity index (χ0) is 22.8. The second-order valence-electron chi connectivity index (χ2n) is 9.96. The number of carboxylic acids is 1. The molecule has 0 aromatic carbocycles. The van der Waals surface area contributed by atoms with Crippen LogP contribution in [0.25, 0.3) is 0 Å². The first-order valence-corrected chi connectivity index (χ1v) is 11.4. The number of carboxylic acid groups (broad SMARTS) is 1. The third kappa shape index (κ3) is 3.31. The molecule has 8 nitrogen and oxygen atoms in total. The van der Waals surface area contributed by atoms with Gasteiger partial charge in [0.05, 0.1) is 6.10 Å². The molecule has 1 heterocycles. The molecule has 0 aromatic heterocycles. The average molecular weight is 446 g/mol. The van der Waals surface area contributed by atoms with Gasteiger partial charge in [-0.15, -0.1) is 0 Å². The Labute approximate surface area is 186 Å². The van der Waals surface area contributed by atoms with E-state index in [0.29, 0.717) is 18.3 Å². The highest BCUT2D eigenvalue weighted by atomic mass is 16.7. The summed E-state index contributed by atoms with van der Waals surface area (Å²) >= 11 is 0. The molecule has 1 saturated heterocycles. The quantitative estimate of drug-likeness (QED) is 0.509. The van der Waals surface area contributed by atoms with Gasteiger partial charge in [-0.2, -0.15) is 0 Å². The van der Waals surface area contributed by atoms with Gasteiger partial charge in [-0.05, 0) is 66.7 Å². The molecule has 8 heteroatoms. The van der Waals surface area contributed by atoms with Crippen molar-refractivity contribution in [2.75, 3.05) is 0 Å². The van der Waals surface area contributed by atoms with E-state index < -0.39 is 36.7 Å². The van der Waals surface area contributed by atoms with E-state index in [-0.39, 0.29) is 17.3 Å². The number of hydrogen-bond donors (Lipinski definition) is 4. The van der Waals surface area contributed by atoms with E-state index in [4.69, 9.17) is 9.47 Å². The molecule has 0 unspecified atom stereocenters. The monoisotopic (exact) mass is 446 g/mol. The summed E-state index contributed by atoms with van der Waals surface area (Å²) in [6.07, 6.45) is 2.72. The smallest absolute Gasteiger partial charge is 0.335 e. The summed E-state index contributed by atoms with van der Waals surface area (Å²) in [4.78, 5) is 23.3. The van der Waals surface area contributed by atoms with Crippen LogP contribution in [-0.2, 0) is 19.1 Å². The molecular formula is C24H30O8. The fourth-order valence-corrected chi connectivity index (χ4v) is 6.52. The van der Waals surface area contributed by atoms with Crippen LogP contribution < -0.4 is 0 Å². The summed E-state index contributed by atoms with van der Waals surface area (Å²) in [6, 6.07) is 0. The van der Waals surface area contributed by atoms with Crippen molar-refractivity contribution in [3.63, 3.8) is 0 Å². The van der Waals surface area contributed by atoms with Crippen molar-refractivity contribution in [1.82, 2.24) is 0 Å². The van der Waals surface area contributed by atoms with Crippen LogP contribution in [0.5, 0.6) is 0 Å². The van der Waals surface area contributed by atoms with E-state index in [1.54, 1.807) is 0 Å². The van der Waals surface area contributed by atoms with Crippen molar-refractivity contribution in [2.24, 2.45) is 17.3 Å². The predicted octanol–water partition coefficient (Wildman–Crippen LogP) is 1.25. The number of allylic oxidation sites excluding steroid dienone is 5. The summed E-state index contributed by atoms with van der Waals surface area (Å²) < 4.78 is 11.5. The minimum atomic E-state index is -1.73. The van der Waals surface area contributed by atoms with Gasteiger partial charge in [-0.3, -0.25) is 4.79 Å². The lowest BCUT2D eigenvalue weighted by atomic mass is 9.60. The van der Waals surface area contributed by atoms with Crippen molar-refractivity contribution in [3.8, 4) is 0 Å². The fraction of sp³-hybridized carbons (Fsp3) is 0.667. The normalized spacial score (nSPS) is 45.8. The first-order chi connectivity index (χ1) is 15.2. The summed E-state index contributed by atoms with van der Waals surface area (Å²) in [6.45, 7) is 2.12. The van der Waals surface area contributed by atoms with Crippen LogP contribution in [-0.4, -0.2) is 69.0 Å². The molecule has 1 saturated carbocycles. The van der Waals surface area contributed by atoms with Crippen molar-refractivity contribution in [3.05, 3.63) is 34.9 Å². The van der Waals surface area contributed by atoms with E-state index in [9.17, 15) is 30.0 Å². The number of ketones is 1. The van der Waals surface area contributed by atoms with Crippen molar-refractivity contribution in [2.45, 2.75) is 82.3 Å². The predicted molar refractivity (Wildman–Crippen MR) is 111 cm³/mol. The van der Waals surface area contributed by atoms with Gasteiger partial charge in [0.2, 0.25) is 0 Å². The Kier molecular flexibility index (Phi) is 5.41. The summed E-state index contributed by atoms with van der Waals surface area (Å²) in [5.74, 6) is -0.515. The van der Waals surface area contributed by atoms with E-state index in [0.717, 1.165) is 32.1 Å². The lowest BCUT2D eigenvalue weighted by Gasteiger charge is -2.47. The maximum atomic E-state index is 11.8. The van der Waals surface area contributed by atoms with E-state index in [1.165, 1.54) is 16.7 Å². The second-order valence-corrected chi connectivity index (χ2v) is 9.96. The first-order valence-electron chi connectivity index (χ1n) is 11.4. The molecule has 32 heavy (non-hydrogen) atoms. The molecule has 0 spiro atoms. The molecule has 1 aliphatic heterocycles. The number of aliphatic carboxylic acids is 1. The van der Waals surface area contributed by atoms with Gasteiger partial charge in [0.15, 0.2) is 18.2 Å². The van der Waals surface area contributed by atoms with Crippen LogP contribution in [0.2, 0.25) is 0 Å². The number of carbonyl (C=O) groups is 2. The molecule has 174 valence electrons. The van der Waals surface area contributed by atoms with Gasteiger partial charge >= 0.3 is 5.97 Å². The SMILES string of the molecule is C[C@]12C=CC3=C4CCC(=O)C=C4CC[C@H]3[C@@H]1CC[C@H]2O[C@@H]1O[C@H](C(=O)O)[C@@H](O)[C@H](O)[C@H]1O. The Morgan fingerprint density at radius 1 is 1.09 bits per heavy atom. The van der Waals surface area contributed by atoms with Gasteiger partial charge < -0.3 is 29.9 Å². The molecule has 4 aliphatic carbocycles. The number of aliphatic hydroxyl groups excluding tert-OH is 3. The van der Waals surface area contributed by atoms with E-state index >= 15 is 0 Å². The molecule has 4 N–H and O–H groups in total. The van der Waals surface area contributed by atoms with Crippen molar-refractivity contribution in [1.29, 1.82) is 0 Å². The lowest BCUT2D eigenvalue weighted by molar-refractivity contribution is -0.309. The fourth-order valence-electron chi connectivity index (χ4n) is 6.52. The van der Waals surface area contributed by atoms with Crippen LogP contribution in [0, 0.1) is 17.3 Å². The van der Waals surface area contributed by atoms with Gasteiger partial charge in [0.25, 0.3) is 0 Å². The lowest BCUT2D eigenvalue weighted by Crippen LogP contribution is -2.61. The number of hydrogen-bond acceptors (Lipinski definition) is 7. The number of aliphatic hydroxyl groups is 3. The topological polar surface area (TPSA) is 134 Å². The maximum absolute atomic E-state index is 11.8. The number of rotatable bonds is 3. The first kappa shape index (κ1) is 22.0. The maximum Gasteiger partial charge on any atom is 0.335 e. The molecule has 0 bridgehead atoms. The minimum Gasteiger partial charge on any atom is -0.479 e. The van der Waals surface area contributed by atoms with Crippen LogP contribution in [0.1, 0.15) is 45.4 Å². The number of ether oxygens (including phenoxy) is 2. The molecule has 0 radical (unpaired) electrons. The van der Waals surface area contributed by atoms with Crippen molar-refractivity contribution < 1.29 is 39.5 Å². The van der Waals surface area contributed by atoms with Gasteiger partial charge in [0, 0.05) is 11.8 Å². The Balaban J connectivity index is 1.40. The minimum absolute atomic E-state index is 0.208. The largest absolute Gasteiger partial charge is 0.479 e. The summed E-state index contributed by atoms with van der Waals surface area (Å²) in [5.41, 5.74) is 3.49. The number of carbonyl (C=O) groups excluding carboxylic acids is 1. The highest BCUT2D eigenvalue weighted by molar-refractivity contribution is 5.93. The highest BCUT2D eigenvalue weighted by Gasteiger charge is 2.55. The van der Waals surface area contributed by atoms with Crippen molar-refractivity contribution >= 4 is 11.8 Å². The molecule has 2 fully saturated rings. The Morgan fingerprint density at radius 3 is 2.62 bits per heavy atom. The third-order valence-corrected chi connectivity index (χ3v) is 8.27. The van der Waals surface area contributed by atoms with Crippen LogP contribution in [0.4, 0.5) is 0 Å². The molecule has 5 aliphatic rings. The molecule has 0 amide bonds. The molecular weight excluding hydrogens is 416 g/mol. The summed E-state index contributed by atoms with van der Waals surface area (Å²) in [5, 5.41) is 39.7. The van der Waals surface area contributed by atoms with E-state index in [2.05, 4.69) is 19.1 Å². The van der Waals surface area contributed by atoms with E-state index in [1.807, 2.05) is 6.08 Å². The average Bonchev–Trinajstić information content (AvgIpc) is 3.09. The van der Waals surface area contributed by atoms with Gasteiger partial charge in [0.1, 0.15) is 18.3 Å². The Hall–Kier alpha value is -1.84. The standard InChI is InChI=1S/C24H30O8/c1-24-9-8-14-13-5-3-12(25)10-11(13)2-4-15(14)16(24)6-7-17(24)31-23-20(28)18(26)19(27)21(32-23)22(29)30/h8-10,15-21,23,26-28H,2-7H2,1H3,(H,29,30)/t15-,16+,17-,18+,19+,20-,21+,23-,24+/m1/s1. The number of fused-ring (bicyclic) bond motifs is 4. The summed E-state index contributed by atoms with van der Waals surface area (Å²) in [7, 11) is 0. The van der Waals surface area contributed by atoms with Gasteiger partial charge in [-0.25, -0.2) is 4.79 Å². The highest BCUT2D eigenvalue weighted by Crippen LogP contribution is 2.58. The Bertz CT molecular complexity index is 919. The van der Waals surface area contributed by atoms with Crippen LogP contribution in [0.15, 0.2) is 34.9 Å².